The van der Waals surface area contributed by atoms with Gasteiger partial charge in [-0.25, -0.2) is 8.42 Å². The van der Waals surface area contributed by atoms with Crippen molar-refractivity contribution in [3.05, 3.63) is 57.5 Å². The summed E-state index contributed by atoms with van der Waals surface area (Å²) >= 11 is 9.22. The highest BCUT2D eigenvalue weighted by Gasteiger charge is 2.14. The molecular formula is C13H8BrCl2NO3S. The normalized spacial score (nSPS) is 11.2. The number of nitrogens with one attached hydrogen (secondary N) is 1. The molecule has 2 rings (SSSR count). The van der Waals surface area contributed by atoms with Gasteiger partial charge in [0.25, 0.3) is 15.0 Å². The van der Waals surface area contributed by atoms with Crippen LogP contribution < -0.4 is 5.32 Å². The minimum atomic E-state index is -3.86. The van der Waals surface area contributed by atoms with Crippen LogP contribution in [0.3, 0.4) is 0 Å². The Morgan fingerprint density at radius 2 is 1.71 bits per heavy atom. The number of rotatable bonds is 3. The van der Waals surface area contributed by atoms with Gasteiger partial charge < -0.3 is 5.32 Å². The van der Waals surface area contributed by atoms with Crippen LogP contribution in [0.25, 0.3) is 0 Å². The van der Waals surface area contributed by atoms with E-state index in [2.05, 4.69) is 21.2 Å². The minimum absolute atomic E-state index is 0.0854. The summed E-state index contributed by atoms with van der Waals surface area (Å²) in [6.07, 6.45) is 0. The highest BCUT2D eigenvalue weighted by Crippen LogP contribution is 2.27. The molecule has 0 aliphatic rings. The fourth-order valence-corrected chi connectivity index (χ4v) is 2.88. The lowest BCUT2D eigenvalue weighted by Gasteiger charge is -2.08. The Kier molecular flexibility index (Phi) is 4.93. The van der Waals surface area contributed by atoms with E-state index in [-0.39, 0.29) is 15.8 Å². The molecular weight excluding hydrogens is 401 g/mol. The van der Waals surface area contributed by atoms with Crippen LogP contribution in [0.5, 0.6) is 0 Å². The average molecular weight is 409 g/mol. The monoisotopic (exact) mass is 407 g/mol. The number of hydrogen-bond acceptors (Lipinski definition) is 3. The predicted octanol–water partition coefficient (Wildman–Crippen LogP) is 4.28. The molecule has 0 atom stereocenters. The molecule has 2 aromatic carbocycles. The van der Waals surface area contributed by atoms with E-state index >= 15 is 0 Å². The van der Waals surface area contributed by atoms with E-state index in [0.717, 1.165) is 4.47 Å². The Hall–Kier alpha value is -1.08. The molecule has 0 aromatic heterocycles. The predicted molar refractivity (Wildman–Crippen MR) is 86.6 cm³/mol. The van der Waals surface area contributed by atoms with Gasteiger partial charge in [-0.1, -0.05) is 27.5 Å². The molecule has 0 radical (unpaired) electrons. The van der Waals surface area contributed by atoms with Crippen molar-refractivity contribution in [2.45, 2.75) is 4.90 Å². The fraction of sp³-hybridized carbons (Fsp3) is 0. The first-order valence-electron chi connectivity index (χ1n) is 5.58. The van der Waals surface area contributed by atoms with Crippen molar-refractivity contribution in [1.29, 1.82) is 0 Å². The maximum absolute atomic E-state index is 12.0. The first-order chi connectivity index (χ1) is 9.77. The number of amides is 1. The van der Waals surface area contributed by atoms with Crippen LogP contribution in [0.1, 0.15) is 10.4 Å². The Balaban J connectivity index is 2.24. The maximum atomic E-state index is 12.0. The molecule has 110 valence electrons. The molecule has 1 N–H and O–H groups in total. The summed E-state index contributed by atoms with van der Waals surface area (Å²) in [7, 11) is 1.36. The van der Waals surface area contributed by atoms with Crippen LogP contribution in [0.15, 0.2) is 51.8 Å². The first kappa shape index (κ1) is 16.3. The van der Waals surface area contributed by atoms with Gasteiger partial charge in [0.15, 0.2) is 0 Å². The van der Waals surface area contributed by atoms with Gasteiger partial charge in [0, 0.05) is 20.7 Å². The SMILES string of the molecule is O=C(Nc1ccc(S(=O)(=O)Cl)cc1Cl)c1ccc(Br)cc1. The molecule has 0 unspecified atom stereocenters. The molecule has 1 amide bonds. The van der Waals surface area contributed by atoms with Crippen LogP contribution in [-0.2, 0) is 9.05 Å². The third-order valence-electron chi connectivity index (χ3n) is 2.58. The zero-order valence-electron chi connectivity index (χ0n) is 10.3. The zero-order chi connectivity index (χ0) is 15.6. The number of anilines is 1. The molecule has 0 aliphatic carbocycles. The summed E-state index contributed by atoms with van der Waals surface area (Å²) in [5, 5.41) is 2.69. The van der Waals surface area contributed by atoms with E-state index in [1.54, 1.807) is 24.3 Å². The smallest absolute Gasteiger partial charge is 0.261 e. The molecule has 0 aliphatic heterocycles. The second-order valence-corrected chi connectivity index (χ2v) is 7.93. The van der Waals surface area contributed by atoms with E-state index in [0.29, 0.717) is 11.3 Å². The highest BCUT2D eigenvalue weighted by molar-refractivity contribution is 9.10. The van der Waals surface area contributed by atoms with Crippen molar-refractivity contribution in [2.75, 3.05) is 5.32 Å². The van der Waals surface area contributed by atoms with Gasteiger partial charge in [-0.2, -0.15) is 0 Å². The van der Waals surface area contributed by atoms with Gasteiger partial charge in [0.05, 0.1) is 15.6 Å². The summed E-state index contributed by atoms with van der Waals surface area (Å²) < 4.78 is 23.2. The Bertz CT molecular complexity index is 792. The summed E-state index contributed by atoms with van der Waals surface area (Å²) in [6.45, 7) is 0. The van der Waals surface area contributed by atoms with Gasteiger partial charge in [0.2, 0.25) is 0 Å². The van der Waals surface area contributed by atoms with Crippen LogP contribution in [-0.4, -0.2) is 14.3 Å². The summed E-state index contributed by atoms with van der Waals surface area (Å²) in [6, 6.07) is 10.6. The lowest BCUT2D eigenvalue weighted by molar-refractivity contribution is 0.102. The van der Waals surface area contributed by atoms with Gasteiger partial charge in [-0.05, 0) is 42.5 Å². The first-order valence-corrected chi connectivity index (χ1v) is 9.06. The Morgan fingerprint density at radius 1 is 1.10 bits per heavy atom. The van der Waals surface area contributed by atoms with Gasteiger partial charge in [-0.15, -0.1) is 0 Å². The largest absolute Gasteiger partial charge is 0.321 e. The van der Waals surface area contributed by atoms with Gasteiger partial charge in [-0.3, -0.25) is 4.79 Å². The molecule has 0 saturated heterocycles. The zero-order valence-corrected chi connectivity index (χ0v) is 14.2. The second-order valence-electron chi connectivity index (χ2n) is 4.04. The van der Waals surface area contributed by atoms with Crippen molar-refractivity contribution in [3.63, 3.8) is 0 Å². The van der Waals surface area contributed by atoms with Crippen LogP contribution in [0.4, 0.5) is 5.69 Å². The Labute approximate surface area is 139 Å². The fourth-order valence-electron chi connectivity index (χ4n) is 1.54. The molecule has 4 nitrogen and oxygen atoms in total. The van der Waals surface area contributed by atoms with Crippen LogP contribution >= 0.6 is 38.2 Å². The van der Waals surface area contributed by atoms with Crippen LogP contribution in [0.2, 0.25) is 5.02 Å². The van der Waals surface area contributed by atoms with Crippen molar-refractivity contribution >= 4 is 58.9 Å². The quantitative estimate of drug-likeness (QED) is 0.770. The molecule has 0 heterocycles. The van der Waals surface area contributed by atoms with E-state index in [4.69, 9.17) is 22.3 Å². The number of carbonyl (C=O) groups is 1. The average Bonchev–Trinajstić information content (AvgIpc) is 2.40. The minimum Gasteiger partial charge on any atom is -0.321 e. The van der Waals surface area contributed by atoms with Gasteiger partial charge >= 0.3 is 0 Å². The number of hydrogen-bond donors (Lipinski definition) is 1. The molecule has 0 fully saturated rings. The number of benzene rings is 2. The topological polar surface area (TPSA) is 63.2 Å². The van der Waals surface area contributed by atoms with Crippen molar-refractivity contribution < 1.29 is 13.2 Å². The molecule has 21 heavy (non-hydrogen) atoms. The summed E-state index contributed by atoms with van der Waals surface area (Å²) in [5.74, 6) is -0.356. The van der Waals surface area contributed by atoms with Crippen molar-refractivity contribution in [3.8, 4) is 0 Å². The lowest BCUT2D eigenvalue weighted by atomic mass is 10.2. The highest BCUT2D eigenvalue weighted by atomic mass is 79.9. The standard InChI is InChI=1S/C13H8BrCl2NO3S/c14-9-3-1-8(2-4-9)13(18)17-12-6-5-10(7-11(12)15)21(16,19)20/h1-7H,(H,17,18). The maximum Gasteiger partial charge on any atom is 0.261 e. The number of carbonyl (C=O) groups excluding carboxylic acids is 1. The second kappa shape index (κ2) is 6.36. The van der Waals surface area contributed by atoms with Gasteiger partial charge in [0.1, 0.15) is 0 Å². The molecule has 8 heteroatoms. The molecule has 0 bridgehead atoms. The molecule has 2 aromatic rings. The van der Waals surface area contributed by atoms with Crippen LogP contribution in [0, 0.1) is 0 Å². The summed E-state index contributed by atoms with van der Waals surface area (Å²) in [5.41, 5.74) is 0.747. The third-order valence-corrected chi connectivity index (χ3v) is 4.77. The van der Waals surface area contributed by atoms with E-state index in [9.17, 15) is 13.2 Å². The Morgan fingerprint density at radius 3 is 2.24 bits per heavy atom. The van der Waals surface area contributed by atoms with Crippen molar-refractivity contribution in [2.24, 2.45) is 0 Å². The molecule has 0 spiro atoms. The van der Waals surface area contributed by atoms with E-state index < -0.39 is 9.05 Å². The lowest BCUT2D eigenvalue weighted by Crippen LogP contribution is -2.12. The number of halogens is 3. The van der Waals surface area contributed by atoms with E-state index in [1.807, 2.05) is 0 Å². The molecule has 0 saturated carbocycles. The summed E-state index contributed by atoms with van der Waals surface area (Å²) in [4.78, 5) is 11.9. The van der Waals surface area contributed by atoms with Crippen molar-refractivity contribution in [1.82, 2.24) is 0 Å². The van der Waals surface area contributed by atoms with E-state index in [1.165, 1.54) is 18.2 Å². The third kappa shape index (κ3) is 4.20.